The molecule has 6 heteroatoms. The third-order valence-electron chi connectivity index (χ3n) is 5.11. The lowest BCUT2D eigenvalue weighted by Gasteiger charge is -2.37. The summed E-state index contributed by atoms with van der Waals surface area (Å²) in [6.45, 7) is 7.52. The third-order valence-corrected chi connectivity index (χ3v) is 5.11. The van der Waals surface area contributed by atoms with E-state index in [4.69, 9.17) is 4.99 Å². The molecule has 1 saturated heterocycles. The van der Waals surface area contributed by atoms with Crippen molar-refractivity contribution in [2.24, 2.45) is 4.99 Å². The molecule has 0 saturated carbocycles. The van der Waals surface area contributed by atoms with Crippen LogP contribution in [0.2, 0.25) is 0 Å². The first-order valence-corrected chi connectivity index (χ1v) is 10.4. The first-order chi connectivity index (χ1) is 14.2. The number of guanidine groups is 1. The van der Waals surface area contributed by atoms with Crippen LogP contribution in [-0.4, -0.2) is 63.1 Å². The molecule has 0 bridgehead atoms. The van der Waals surface area contributed by atoms with Gasteiger partial charge in [-0.05, 0) is 43.2 Å². The molecule has 1 aliphatic rings. The number of amides is 1. The first kappa shape index (κ1) is 20.7. The van der Waals surface area contributed by atoms with Crippen LogP contribution in [0.25, 0.3) is 0 Å². The van der Waals surface area contributed by atoms with Crippen LogP contribution in [0.1, 0.15) is 22.8 Å². The molecular formula is C23H31N5O. The second-order valence-corrected chi connectivity index (χ2v) is 7.07. The monoisotopic (exact) mass is 393 g/mol. The smallest absolute Gasteiger partial charge is 0.251 e. The highest BCUT2D eigenvalue weighted by Gasteiger charge is 2.19. The Balaban J connectivity index is 1.57. The van der Waals surface area contributed by atoms with Crippen molar-refractivity contribution in [3.8, 4) is 0 Å². The molecule has 0 aromatic heterocycles. The Labute approximate surface area is 173 Å². The van der Waals surface area contributed by atoms with E-state index < -0.39 is 0 Å². The Bertz CT molecular complexity index is 813. The van der Waals surface area contributed by atoms with Crippen LogP contribution in [0.5, 0.6) is 0 Å². The lowest BCUT2D eigenvalue weighted by Crippen LogP contribution is -2.52. The Morgan fingerprint density at radius 1 is 1.03 bits per heavy atom. The van der Waals surface area contributed by atoms with E-state index in [-0.39, 0.29) is 5.91 Å². The summed E-state index contributed by atoms with van der Waals surface area (Å²) in [5, 5.41) is 6.10. The van der Waals surface area contributed by atoms with Gasteiger partial charge in [0.05, 0.1) is 0 Å². The van der Waals surface area contributed by atoms with Crippen LogP contribution in [0.4, 0.5) is 5.69 Å². The average Bonchev–Trinajstić information content (AvgIpc) is 2.79. The minimum atomic E-state index is -0.0556. The van der Waals surface area contributed by atoms with E-state index in [0.29, 0.717) is 12.1 Å². The van der Waals surface area contributed by atoms with Gasteiger partial charge in [-0.25, -0.2) is 0 Å². The van der Waals surface area contributed by atoms with Crippen molar-refractivity contribution in [1.82, 2.24) is 15.5 Å². The minimum absolute atomic E-state index is 0.0556. The number of anilines is 1. The third kappa shape index (κ3) is 5.73. The van der Waals surface area contributed by atoms with Crippen molar-refractivity contribution in [2.75, 3.05) is 51.2 Å². The topological polar surface area (TPSA) is 60.0 Å². The number of carbonyl (C=O) groups is 1. The van der Waals surface area contributed by atoms with Gasteiger partial charge in [0.15, 0.2) is 5.96 Å². The maximum Gasteiger partial charge on any atom is 0.251 e. The summed E-state index contributed by atoms with van der Waals surface area (Å²) in [7, 11) is 1.65. The number of rotatable bonds is 6. The highest BCUT2D eigenvalue weighted by atomic mass is 16.1. The van der Waals surface area contributed by atoms with Gasteiger partial charge < -0.3 is 20.4 Å². The Kier molecular flexibility index (Phi) is 7.50. The molecule has 0 unspecified atom stereocenters. The van der Waals surface area contributed by atoms with Gasteiger partial charge in [-0.3, -0.25) is 9.79 Å². The molecule has 1 amide bonds. The molecule has 154 valence electrons. The Hall–Kier alpha value is -3.02. The number of benzene rings is 2. The van der Waals surface area contributed by atoms with Crippen LogP contribution < -0.4 is 15.5 Å². The van der Waals surface area contributed by atoms with Crippen LogP contribution in [0.3, 0.4) is 0 Å². The lowest BCUT2D eigenvalue weighted by molar-refractivity contribution is 0.0963. The van der Waals surface area contributed by atoms with E-state index in [1.54, 1.807) is 7.05 Å². The molecule has 29 heavy (non-hydrogen) atoms. The molecule has 2 N–H and O–H groups in total. The first-order valence-electron chi connectivity index (χ1n) is 10.4. The Morgan fingerprint density at radius 3 is 2.48 bits per heavy atom. The molecule has 1 aliphatic heterocycles. The summed E-state index contributed by atoms with van der Waals surface area (Å²) >= 11 is 0. The summed E-state index contributed by atoms with van der Waals surface area (Å²) in [6, 6.07) is 18.3. The second-order valence-electron chi connectivity index (χ2n) is 7.07. The van der Waals surface area contributed by atoms with Crippen LogP contribution >= 0.6 is 0 Å². The van der Waals surface area contributed by atoms with Gasteiger partial charge in [0.2, 0.25) is 0 Å². The average molecular weight is 394 g/mol. The normalized spacial score (nSPS) is 14.6. The molecule has 3 rings (SSSR count). The zero-order valence-corrected chi connectivity index (χ0v) is 17.4. The molecular weight excluding hydrogens is 362 g/mol. The maximum absolute atomic E-state index is 11.8. The van der Waals surface area contributed by atoms with Gasteiger partial charge in [0.1, 0.15) is 0 Å². The van der Waals surface area contributed by atoms with Gasteiger partial charge in [0, 0.05) is 57.6 Å². The minimum Gasteiger partial charge on any atom is -0.368 e. The molecule has 0 atom stereocenters. The van der Waals surface area contributed by atoms with Crippen LogP contribution in [0, 0.1) is 0 Å². The van der Waals surface area contributed by atoms with Crippen molar-refractivity contribution < 1.29 is 4.79 Å². The zero-order chi connectivity index (χ0) is 20.5. The number of nitrogens with zero attached hydrogens (tertiary/aromatic N) is 3. The zero-order valence-electron chi connectivity index (χ0n) is 17.4. The molecule has 1 fully saturated rings. The standard InChI is InChI=1S/C23H31N5O/c1-3-25-23(26-13-12-19-8-7-9-20(18-19)22(29)24-2)28-16-14-27(15-17-28)21-10-5-4-6-11-21/h4-11,18H,3,12-17H2,1-2H3,(H,24,29)(H,25,26). The van der Waals surface area contributed by atoms with Crippen LogP contribution in [0.15, 0.2) is 59.6 Å². The fourth-order valence-corrected chi connectivity index (χ4v) is 3.54. The molecule has 2 aromatic carbocycles. The van der Waals surface area contributed by atoms with E-state index in [9.17, 15) is 4.79 Å². The van der Waals surface area contributed by atoms with E-state index in [1.165, 1.54) is 5.69 Å². The predicted octanol–water partition coefficient (Wildman–Crippen LogP) is 2.38. The summed E-state index contributed by atoms with van der Waals surface area (Å²) < 4.78 is 0. The fourth-order valence-electron chi connectivity index (χ4n) is 3.54. The molecule has 2 aromatic rings. The number of hydrogen-bond donors (Lipinski definition) is 2. The largest absolute Gasteiger partial charge is 0.368 e. The molecule has 0 aliphatic carbocycles. The summed E-state index contributed by atoms with van der Waals surface area (Å²) in [4.78, 5) is 21.4. The maximum atomic E-state index is 11.8. The van der Waals surface area contributed by atoms with Gasteiger partial charge >= 0.3 is 0 Å². The molecule has 0 spiro atoms. The van der Waals surface area contributed by atoms with Crippen molar-refractivity contribution in [3.63, 3.8) is 0 Å². The quantitative estimate of drug-likeness (QED) is 0.584. The SMILES string of the molecule is CCNC(=NCCc1cccc(C(=O)NC)c1)N1CCN(c2ccccc2)CC1. The van der Waals surface area contributed by atoms with Crippen molar-refractivity contribution in [2.45, 2.75) is 13.3 Å². The summed E-state index contributed by atoms with van der Waals surface area (Å²) in [5.74, 6) is 0.919. The molecule has 1 heterocycles. The number of hydrogen-bond acceptors (Lipinski definition) is 3. The number of carbonyl (C=O) groups excluding carboxylic acids is 1. The summed E-state index contributed by atoms with van der Waals surface area (Å²) in [6.07, 6.45) is 0.809. The van der Waals surface area contributed by atoms with Gasteiger partial charge in [0.25, 0.3) is 5.91 Å². The summed E-state index contributed by atoms with van der Waals surface area (Å²) in [5.41, 5.74) is 3.10. The number of aliphatic imine (C=N–C) groups is 1. The lowest BCUT2D eigenvalue weighted by atomic mass is 10.1. The highest BCUT2D eigenvalue weighted by molar-refractivity contribution is 5.94. The Morgan fingerprint density at radius 2 is 1.79 bits per heavy atom. The van der Waals surface area contributed by atoms with Gasteiger partial charge in [-0.15, -0.1) is 0 Å². The number of para-hydroxylation sites is 1. The van der Waals surface area contributed by atoms with E-state index in [0.717, 1.165) is 50.7 Å². The van der Waals surface area contributed by atoms with Crippen molar-refractivity contribution in [3.05, 3.63) is 65.7 Å². The molecule has 6 nitrogen and oxygen atoms in total. The number of piperazine rings is 1. The van der Waals surface area contributed by atoms with Crippen molar-refractivity contribution in [1.29, 1.82) is 0 Å². The van der Waals surface area contributed by atoms with Crippen molar-refractivity contribution >= 4 is 17.6 Å². The van der Waals surface area contributed by atoms with E-state index in [1.807, 2.05) is 24.3 Å². The fraction of sp³-hybridized carbons (Fsp3) is 0.391. The second kappa shape index (κ2) is 10.5. The van der Waals surface area contributed by atoms with E-state index >= 15 is 0 Å². The van der Waals surface area contributed by atoms with Gasteiger partial charge in [-0.1, -0.05) is 30.3 Å². The van der Waals surface area contributed by atoms with Gasteiger partial charge in [-0.2, -0.15) is 0 Å². The van der Waals surface area contributed by atoms with E-state index in [2.05, 4.69) is 57.7 Å². The predicted molar refractivity (Wildman–Crippen MR) is 120 cm³/mol. The number of nitrogens with one attached hydrogen (secondary N) is 2. The van der Waals surface area contributed by atoms with Crippen LogP contribution in [-0.2, 0) is 6.42 Å². The highest BCUT2D eigenvalue weighted by Crippen LogP contribution is 2.15. The molecule has 0 radical (unpaired) electrons.